The number of hydrogen-bond acceptors (Lipinski definition) is 7. The first-order valence-corrected chi connectivity index (χ1v) is 10.0. The lowest BCUT2D eigenvalue weighted by Gasteiger charge is -2.10. The molecule has 3 N–H and O–H groups in total. The Balaban J connectivity index is 1.75. The van der Waals surface area contributed by atoms with Crippen molar-refractivity contribution in [1.29, 1.82) is 0 Å². The second kappa shape index (κ2) is 10.1. The lowest BCUT2D eigenvalue weighted by atomic mass is 10.2. The van der Waals surface area contributed by atoms with Gasteiger partial charge in [0.1, 0.15) is 0 Å². The van der Waals surface area contributed by atoms with Gasteiger partial charge in [-0.1, -0.05) is 67.3 Å². The van der Waals surface area contributed by atoms with E-state index in [4.69, 9.17) is 0 Å². The van der Waals surface area contributed by atoms with E-state index in [9.17, 15) is 9.59 Å². The normalized spacial score (nSPS) is 11.8. The van der Waals surface area contributed by atoms with Crippen LogP contribution in [0.1, 0.15) is 26.3 Å². The Bertz CT molecular complexity index is 721. The SMILES string of the molecule is CC(C)CNc1nnc(S[C@H](C)C(=O)NC(=O)NCc2ccccc2)s1. The van der Waals surface area contributed by atoms with Crippen LogP contribution in [0.5, 0.6) is 0 Å². The summed E-state index contributed by atoms with van der Waals surface area (Å²) in [5, 5.41) is 16.6. The van der Waals surface area contributed by atoms with Crippen LogP contribution < -0.4 is 16.0 Å². The molecular formula is C17H23N5O2S2. The molecule has 1 aromatic carbocycles. The zero-order chi connectivity index (χ0) is 18.9. The molecule has 0 aliphatic rings. The molecule has 2 aromatic rings. The molecule has 1 heterocycles. The average Bonchev–Trinajstić information content (AvgIpc) is 3.06. The maximum absolute atomic E-state index is 12.1. The minimum absolute atomic E-state index is 0.364. The molecule has 0 saturated carbocycles. The molecule has 7 nitrogen and oxygen atoms in total. The molecule has 26 heavy (non-hydrogen) atoms. The van der Waals surface area contributed by atoms with Gasteiger partial charge in [-0.25, -0.2) is 4.79 Å². The van der Waals surface area contributed by atoms with Gasteiger partial charge in [-0.3, -0.25) is 10.1 Å². The number of carbonyl (C=O) groups is 2. The van der Waals surface area contributed by atoms with E-state index in [2.05, 4.69) is 40.0 Å². The third kappa shape index (κ3) is 7.01. The molecule has 0 bridgehead atoms. The van der Waals surface area contributed by atoms with Crippen LogP contribution in [0.25, 0.3) is 0 Å². The van der Waals surface area contributed by atoms with E-state index in [1.54, 1.807) is 6.92 Å². The summed E-state index contributed by atoms with van der Waals surface area (Å²) in [6, 6.07) is 8.99. The molecule has 9 heteroatoms. The van der Waals surface area contributed by atoms with Crippen molar-refractivity contribution in [2.75, 3.05) is 11.9 Å². The molecule has 0 saturated heterocycles. The minimum Gasteiger partial charge on any atom is -0.360 e. The van der Waals surface area contributed by atoms with E-state index in [1.807, 2.05) is 30.3 Å². The van der Waals surface area contributed by atoms with Crippen molar-refractivity contribution in [3.05, 3.63) is 35.9 Å². The summed E-state index contributed by atoms with van der Waals surface area (Å²) in [6.45, 7) is 7.13. The molecule has 1 aromatic heterocycles. The number of anilines is 1. The molecule has 1 atom stereocenters. The van der Waals surface area contributed by atoms with Crippen LogP contribution in [0.3, 0.4) is 0 Å². The maximum atomic E-state index is 12.1. The topological polar surface area (TPSA) is 96.0 Å². The number of imide groups is 1. The Hall–Kier alpha value is -2.13. The van der Waals surface area contributed by atoms with Gasteiger partial charge in [-0.15, -0.1) is 10.2 Å². The second-order valence-electron chi connectivity index (χ2n) is 6.07. The third-order valence-corrected chi connectivity index (χ3v) is 5.31. The number of rotatable bonds is 8. The molecule has 0 radical (unpaired) electrons. The van der Waals surface area contributed by atoms with Gasteiger partial charge >= 0.3 is 6.03 Å². The maximum Gasteiger partial charge on any atom is 0.321 e. The van der Waals surface area contributed by atoms with Crippen LogP contribution in [0.15, 0.2) is 34.7 Å². The van der Waals surface area contributed by atoms with Gasteiger partial charge in [-0.05, 0) is 18.4 Å². The van der Waals surface area contributed by atoms with Crippen LogP contribution in [-0.2, 0) is 11.3 Å². The summed E-state index contributed by atoms with van der Waals surface area (Å²) in [6.07, 6.45) is 0. The van der Waals surface area contributed by atoms with Gasteiger partial charge in [0.25, 0.3) is 0 Å². The van der Waals surface area contributed by atoms with Crippen molar-refractivity contribution in [2.24, 2.45) is 5.92 Å². The quantitative estimate of drug-likeness (QED) is 0.597. The van der Waals surface area contributed by atoms with Gasteiger partial charge in [0.15, 0.2) is 4.34 Å². The highest BCUT2D eigenvalue weighted by Gasteiger charge is 2.19. The lowest BCUT2D eigenvalue weighted by molar-refractivity contribution is -0.119. The average molecular weight is 394 g/mol. The van der Waals surface area contributed by atoms with Crippen molar-refractivity contribution in [2.45, 2.75) is 36.9 Å². The van der Waals surface area contributed by atoms with Gasteiger partial charge in [0.2, 0.25) is 11.0 Å². The number of aromatic nitrogens is 2. The predicted octanol–water partition coefficient (Wildman–Crippen LogP) is 3.11. The molecule has 0 fully saturated rings. The van der Waals surface area contributed by atoms with Crippen molar-refractivity contribution in [3.8, 4) is 0 Å². The van der Waals surface area contributed by atoms with E-state index in [-0.39, 0.29) is 5.91 Å². The number of benzene rings is 1. The number of hydrogen-bond donors (Lipinski definition) is 3. The van der Waals surface area contributed by atoms with E-state index in [0.29, 0.717) is 16.8 Å². The Morgan fingerprint density at radius 1 is 1.15 bits per heavy atom. The predicted molar refractivity (Wildman–Crippen MR) is 105 cm³/mol. The number of nitrogens with zero attached hydrogens (tertiary/aromatic N) is 2. The summed E-state index contributed by atoms with van der Waals surface area (Å²) in [4.78, 5) is 24.0. The number of thioether (sulfide) groups is 1. The minimum atomic E-state index is -0.511. The molecule has 140 valence electrons. The summed E-state index contributed by atoms with van der Waals surface area (Å²) in [5.74, 6) is 0.140. The zero-order valence-corrected chi connectivity index (χ0v) is 16.6. The van der Waals surface area contributed by atoms with E-state index < -0.39 is 11.3 Å². The highest BCUT2D eigenvalue weighted by atomic mass is 32.2. The Morgan fingerprint density at radius 2 is 1.88 bits per heavy atom. The summed E-state index contributed by atoms with van der Waals surface area (Å²) >= 11 is 2.67. The highest BCUT2D eigenvalue weighted by Crippen LogP contribution is 2.28. The van der Waals surface area contributed by atoms with Crippen molar-refractivity contribution in [3.63, 3.8) is 0 Å². The third-order valence-electron chi connectivity index (χ3n) is 3.25. The van der Waals surface area contributed by atoms with Crippen LogP contribution in [0, 0.1) is 5.92 Å². The molecule has 0 aliphatic heterocycles. The molecule has 0 spiro atoms. The fourth-order valence-electron chi connectivity index (χ4n) is 1.86. The van der Waals surface area contributed by atoms with Crippen LogP contribution in [0.4, 0.5) is 9.93 Å². The van der Waals surface area contributed by atoms with Crippen molar-refractivity contribution < 1.29 is 9.59 Å². The zero-order valence-electron chi connectivity index (χ0n) is 15.0. The van der Waals surface area contributed by atoms with Gasteiger partial charge in [0, 0.05) is 13.1 Å². The van der Waals surface area contributed by atoms with E-state index >= 15 is 0 Å². The first-order chi connectivity index (χ1) is 12.4. The standard InChI is InChI=1S/C17H23N5O2S2/c1-11(2)9-19-16-21-22-17(26-16)25-12(3)14(23)20-15(24)18-10-13-7-5-4-6-8-13/h4-8,11-12H,9-10H2,1-3H3,(H,19,21)(H2,18,20,23,24)/t12-/m1/s1. The molecule has 3 amide bonds. The number of nitrogens with one attached hydrogen (secondary N) is 3. The van der Waals surface area contributed by atoms with Gasteiger partial charge in [0.05, 0.1) is 5.25 Å². The summed E-state index contributed by atoms with van der Waals surface area (Å²) in [5.41, 5.74) is 0.966. The number of carbonyl (C=O) groups excluding carboxylic acids is 2. The van der Waals surface area contributed by atoms with Gasteiger partial charge < -0.3 is 10.6 Å². The number of amides is 3. The van der Waals surface area contributed by atoms with Crippen molar-refractivity contribution >= 4 is 40.2 Å². The van der Waals surface area contributed by atoms with E-state index in [0.717, 1.165) is 17.2 Å². The largest absolute Gasteiger partial charge is 0.360 e. The Labute approximate surface area is 161 Å². The fourth-order valence-corrected chi connectivity index (χ4v) is 3.76. The highest BCUT2D eigenvalue weighted by molar-refractivity contribution is 8.02. The summed E-state index contributed by atoms with van der Waals surface area (Å²) in [7, 11) is 0. The molecule has 2 rings (SSSR count). The summed E-state index contributed by atoms with van der Waals surface area (Å²) < 4.78 is 0.684. The number of urea groups is 1. The van der Waals surface area contributed by atoms with Crippen LogP contribution in [-0.4, -0.2) is 33.9 Å². The van der Waals surface area contributed by atoms with Crippen LogP contribution in [0.2, 0.25) is 0 Å². The van der Waals surface area contributed by atoms with E-state index in [1.165, 1.54) is 23.1 Å². The second-order valence-corrected chi connectivity index (χ2v) is 8.63. The Kier molecular flexibility index (Phi) is 7.86. The smallest absolute Gasteiger partial charge is 0.321 e. The van der Waals surface area contributed by atoms with Crippen LogP contribution >= 0.6 is 23.1 Å². The fraction of sp³-hybridized carbons (Fsp3) is 0.412. The molecule has 0 aliphatic carbocycles. The molecule has 0 unspecified atom stereocenters. The van der Waals surface area contributed by atoms with Gasteiger partial charge in [-0.2, -0.15) is 0 Å². The monoisotopic (exact) mass is 393 g/mol. The first-order valence-electron chi connectivity index (χ1n) is 8.30. The molecular weight excluding hydrogens is 370 g/mol. The van der Waals surface area contributed by atoms with Crippen molar-refractivity contribution in [1.82, 2.24) is 20.8 Å². The lowest BCUT2D eigenvalue weighted by Crippen LogP contribution is -2.42. The first kappa shape index (κ1) is 20.2. The Morgan fingerprint density at radius 3 is 2.58 bits per heavy atom.